The summed E-state index contributed by atoms with van der Waals surface area (Å²) in [6.07, 6.45) is -6.46. The fourth-order valence-corrected chi connectivity index (χ4v) is 8.23. The lowest BCUT2D eigenvalue weighted by Gasteiger charge is -2.43. The number of hydrogen-bond acceptors (Lipinski definition) is 11. The van der Waals surface area contributed by atoms with Crippen LogP contribution in [0, 0.1) is 0 Å². The van der Waals surface area contributed by atoms with Gasteiger partial charge in [0.15, 0.2) is 17.0 Å². The van der Waals surface area contributed by atoms with E-state index in [4.69, 9.17) is 19.2 Å². The van der Waals surface area contributed by atoms with Gasteiger partial charge in [-0.15, -0.1) is 0 Å². The van der Waals surface area contributed by atoms with Crippen molar-refractivity contribution in [3.63, 3.8) is 0 Å². The second-order valence-corrected chi connectivity index (χ2v) is 15.0. The highest BCUT2D eigenvalue weighted by Crippen LogP contribution is 2.52. The van der Waals surface area contributed by atoms with Crippen molar-refractivity contribution in [3.05, 3.63) is 138 Å². The Morgan fingerprint density at radius 2 is 1.41 bits per heavy atom. The molecule has 0 spiro atoms. The number of carbonyl (C=O) groups is 2. The van der Waals surface area contributed by atoms with Crippen LogP contribution in [0.5, 0.6) is 11.5 Å². The molecular weight excluding hydrogens is 820 g/mol. The number of hydrogen-bond donors (Lipinski definition) is 5. The highest BCUT2D eigenvalue weighted by molar-refractivity contribution is 6.06. The molecule has 330 valence electrons. The fraction of sp³-hybridized carbons (Fsp3) is 0.326. The molecule has 3 heterocycles. The van der Waals surface area contributed by atoms with Gasteiger partial charge in [0.1, 0.15) is 36.3 Å². The summed E-state index contributed by atoms with van der Waals surface area (Å²) in [6, 6.07) is 32.7. The van der Waals surface area contributed by atoms with Crippen LogP contribution in [-0.2, 0) is 14.9 Å². The summed E-state index contributed by atoms with van der Waals surface area (Å²) in [5, 5.41) is 33.2. The second-order valence-electron chi connectivity index (χ2n) is 15.0. The van der Waals surface area contributed by atoms with Crippen molar-refractivity contribution in [1.82, 2.24) is 24.8 Å². The number of para-hydroxylation sites is 2. The molecule has 1 aliphatic rings. The van der Waals surface area contributed by atoms with E-state index in [9.17, 15) is 33.0 Å². The number of carbonyl (C=O) groups excluding carboxylic acids is 2. The lowest BCUT2D eigenvalue weighted by molar-refractivity contribution is -0.173. The van der Waals surface area contributed by atoms with Gasteiger partial charge in [-0.25, -0.2) is 15.0 Å². The highest BCUT2D eigenvalue weighted by atomic mass is 19.4. The van der Waals surface area contributed by atoms with Gasteiger partial charge in [-0.2, -0.15) is 13.2 Å². The number of aliphatic hydroxyl groups excluding tert-OH is 2. The Kier molecular flexibility index (Phi) is 13.9. The van der Waals surface area contributed by atoms with Crippen LogP contribution in [0.3, 0.4) is 0 Å². The Balaban J connectivity index is 1.24. The van der Waals surface area contributed by atoms with Crippen LogP contribution in [0.25, 0.3) is 11.2 Å². The molecule has 63 heavy (non-hydrogen) atoms. The second kappa shape index (κ2) is 19.7. The minimum Gasteiger partial charge on any atom is -0.496 e. The first-order valence-corrected chi connectivity index (χ1v) is 20.5. The molecule has 2 aromatic heterocycles. The van der Waals surface area contributed by atoms with Gasteiger partial charge in [0, 0.05) is 36.2 Å². The molecule has 17 heteroatoms. The van der Waals surface area contributed by atoms with E-state index in [-0.39, 0.29) is 35.9 Å². The maximum atomic E-state index is 13.3. The number of imidazole rings is 1. The molecule has 7 rings (SSSR count). The lowest BCUT2D eigenvalue weighted by Crippen LogP contribution is -2.51. The van der Waals surface area contributed by atoms with Gasteiger partial charge in [0.2, 0.25) is 5.95 Å². The van der Waals surface area contributed by atoms with Gasteiger partial charge in [0.05, 0.1) is 25.7 Å². The first-order valence-electron chi connectivity index (χ1n) is 20.5. The third-order valence-corrected chi connectivity index (χ3v) is 11.1. The number of unbranched alkanes of at least 4 members (excludes halogenated alkanes) is 3. The van der Waals surface area contributed by atoms with Crippen LogP contribution in [-0.4, -0.2) is 93.3 Å². The largest absolute Gasteiger partial charge is 0.496 e. The molecule has 4 aromatic carbocycles. The maximum Gasteiger partial charge on any atom is 0.471 e. The van der Waals surface area contributed by atoms with Crippen LogP contribution in [0.15, 0.2) is 116 Å². The van der Waals surface area contributed by atoms with Gasteiger partial charge in [0.25, 0.3) is 5.91 Å². The predicted octanol–water partition coefficient (Wildman–Crippen LogP) is 6.79. The zero-order chi connectivity index (χ0) is 44.6. The first-order chi connectivity index (χ1) is 30.5. The molecule has 1 aliphatic heterocycles. The van der Waals surface area contributed by atoms with Crippen molar-refractivity contribution in [2.24, 2.45) is 0 Å². The number of anilines is 2. The Bertz CT molecular complexity index is 2440. The summed E-state index contributed by atoms with van der Waals surface area (Å²) in [5.74, 6) is -1.03. The Morgan fingerprint density at radius 1 is 0.825 bits per heavy atom. The summed E-state index contributed by atoms with van der Waals surface area (Å²) < 4.78 is 58.0. The molecule has 2 amide bonds. The van der Waals surface area contributed by atoms with Crippen molar-refractivity contribution in [2.75, 3.05) is 37.9 Å². The molecular formula is C46H48F3N7O7. The average molecular weight is 868 g/mol. The number of aliphatic hydroxyl groups is 2. The number of halogens is 3. The van der Waals surface area contributed by atoms with E-state index in [0.29, 0.717) is 66.0 Å². The van der Waals surface area contributed by atoms with Gasteiger partial charge >= 0.3 is 12.1 Å². The van der Waals surface area contributed by atoms with Crippen LogP contribution in [0.4, 0.5) is 24.9 Å². The SMILES string of the molecule is COc1ccccc1C(c1ccccc1)(c1ccccc1OC)C(O)[C@H]1O[C@@H](n2c(NCCCCCCNC(=O)C(F)(F)F)nc3c(NC(=O)c4ccccc4)ncnc32)C[C@@H]1O. The third-order valence-electron chi connectivity index (χ3n) is 11.1. The monoisotopic (exact) mass is 867 g/mol. The molecule has 1 saturated heterocycles. The summed E-state index contributed by atoms with van der Waals surface area (Å²) >= 11 is 0. The van der Waals surface area contributed by atoms with Crippen molar-refractivity contribution >= 4 is 34.7 Å². The smallest absolute Gasteiger partial charge is 0.471 e. The minimum absolute atomic E-state index is 0.00998. The average Bonchev–Trinajstić information content (AvgIpc) is 3.88. The number of aromatic nitrogens is 4. The molecule has 0 saturated carbocycles. The molecule has 1 unspecified atom stereocenters. The van der Waals surface area contributed by atoms with Gasteiger partial charge in [-0.1, -0.05) is 97.8 Å². The molecule has 5 N–H and O–H groups in total. The number of benzene rings is 4. The highest BCUT2D eigenvalue weighted by Gasteiger charge is 2.54. The van der Waals surface area contributed by atoms with E-state index < -0.39 is 47.9 Å². The standard InChI is InChI=1S/C46H48F3N7O7/c1-61-34-23-13-11-21-31(34)45(30-19-9-6-10-20-30,32-22-12-14-24-35(32)62-2)39(58)38-33(57)27-36(63-38)56-41-37(40(52-28-53-41)55-42(59)29-17-7-5-8-18-29)54-44(56)51-26-16-4-3-15-25-50-43(60)46(47,48)49/h5-14,17-24,28,33,36,38-39,57-58H,3-4,15-16,25-27H2,1-2H3,(H,50,60)(H,51,54)(H,52,53,55,59)/t33-,36+,38-,39?/m0/s1. The van der Waals surface area contributed by atoms with E-state index in [1.807, 2.05) is 72.0 Å². The Hall–Kier alpha value is -6.56. The predicted molar refractivity (Wildman–Crippen MR) is 229 cm³/mol. The minimum atomic E-state index is -4.93. The molecule has 6 aromatic rings. The van der Waals surface area contributed by atoms with Crippen molar-refractivity contribution < 1.29 is 47.2 Å². The lowest BCUT2D eigenvalue weighted by atomic mass is 9.63. The Morgan fingerprint density at radius 3 is 2.03 bits per heavy atom. The van der Waals surface area contributed by atoms with Gasteiger partial charge in [-0.3, -0.25) is 14.2 Å². The molecule has 0 bridgehead atoms. The fourth-order valence-electron chi connectivity index (χ4n) is 8.23. The number of alkyl halides is 3. The van der Waals surface area contributed by atoms with Crippen LogP contribution >= 0.6 is 0 Å². The number of nitrogens with zero attached hydrogens (tertiary/aromatic N) is 4. The normalized spacial score (nSPS) is 17.0. The van der Waals surface area contributed by atoms with Gasteiger partial charge < -0.3 is 40.4 Å². The topological polar surface area (TPSA) is 182 Å². The number of nitrogens with one attached hydrogen (secondary N) is 3. The molecule has 0 radical (unpaired) electrons. The van der Waals surface area contributed by atoms with Crippen molar-refractivity contribution in [1.29, 1.82) is 0 Å². The molecule has 0 aliphatic carbocycles. The van der Waals surface area contributed by atoms with E-state index in [2.05, 4.69) is 20.6 Å². The quantitative estimate of drug-likeness (QED) is 0.0453. The van der Waals surface area contributed by atoms with E-state index in [1.54, 1.807) is 61.3 Å². The summed E-state index contributed by atoms with van der Waals surface area (Å²) in [7, 11) is 3.10. The number of rotatable bonds is 18. The number of fused-ring (bicyclic) bond motifs is 1. The van der Waals surface area contributed by atoms with Crippen molar-refractivity contribution in [2.45, 2.75) is 68.2 Å². The molecule has 14 nitrogen and oxygen atoms in total. The van der Waals surface area contributed by atoms with Crippen LogP contribution in [0.2, 0.25) is 0 Å². The van der Waals surface area contributed by atoms with Crippen LogP contribution < -0.4 is 25.4 Å². The zero-order valence-corrected chi connectivity index (χ0v) is 34.6. The summed E-state index contributed by atoms with van der Waals surface area (Å²) in [4.78, 5) is 38.2. The number of amides is 2. The first kappa shape index (κ1) is 44.5. The van der Waals surface area contributed by atoms with Gasteiger partial charge in [-0.05, 0) is 42.7 Å². The molecule has 1 fully saturated rings. The maximum absolute atomic E-state index is 13.3. The van der Waals surface area contributed by atoms with E-state index >= 15 is 0 Å². The zero-order valence-electron chi connectivity index (χ0n) is 34.6. The third kappa shape index (κ3) is 9.31. The van der Waals surface area contributed by atoms with E-state index in [0.717, 1.165) is 0 Å². The Labute approximate surface area is 361 Å². The number of methoxy groups -OCH3 is 2. The van der Waals surface area contributed by atoms with Crippen molar-refractivity contribution in [3.8, 4) is 11.5 Å². The number of ether oxygens (including phenoxy) is 3. The van der Waals surface area contributed by atoms with Crippen LogP contribution in [0.1, 0.15) is 65.4 Å². The van der Waals surface area contributed by atoms with E-state index in [1.165, 1.54) is 6.33 Å². The molecule has 4 atom stereocenters. The summed E-state index contributed by atoms with van der Waals surface area (Å²) in [5.41, 5.74) is 1.33. The summed E-state index contributed by atoms with van der Waals surface area (Å²) in [6.45, 7) is 0.253.